The van der Waals surface area contributed by atoms with Gasteiger partial charge in [-0.25, -0.2) is 0 Å². The average Bonchev–Trinajstić information content (AvgIpc) is 2.76. The third-order valence-corrected chi connectivity index (χ3v) is 5.22. The van der Waals surface area contributed by atoms with Crippen molar-refractivity contribution in [2.24, 2.45) is 0 Å². The van der Waals surface area contributed by atoms with E-state index in [1.54, 1.807) is 0 Å². The Bertz CT molecular complexity index is 592. The molecule has 21 heavy (non-hydrogen) atoms. The Morgan fingerprint density at radius 3 is 2.24 bits per heavy atom. The molecule has 1 nitrogen and oxygen atoms in total. The maximum Gasteiger partial charge on any atom is 0.104 e. The van der Waals surface area contributed by atoms with E-state index in [9.17, 15) is 0 Å². The summed E-state index contributed by atoms with van der Waals surface area (Å²) in [6.45, 7) is 1.15. The molecule has 0 bridgehead atoms. The van der Waals surface area contributed by atoms with Crippen LogP contribution in [0.2, 0.25) is 0 Å². The summed E-state index contributed by atoms with van der Waals surface area (Å²) >= 11 is 0. The lowest BCUT2D eigenvalue weighted by Gasteiger charge is -2.38. The fourth-order valence-electron chi connectivity index (χ4n) is 3.89. The van der Waals surface area contributed by atoms with Gasteiger partial charge < -0.3 is 4.48 Å². The predicted molar refractivity (Wildman–Crippen MR) is 91.3 cm³/mol. The largest absolute Gasteiger partial charge is 0.322 e. The second-order valence-corrected chi connectivity index (χ2v) is 7.26. The molecule has 1 aliphatic carbocycles. The van der Waals surface area contributed by atoms with Gasteiger partial charge in [0, 0.05) is 5.56 Å². The zero-order valence-corrected chi connectivity index (χ0v) is 13.5. The van der Waals surface area contributed by atoms with Gasteiger partial charge in [-0.15, -0.1) is 0 Å². The van der Waals surface area contributed by atoms with Crippen LogP contribution in [-0.2, 0) is 6.54 Å². The predicted octanol–water partition coefficient (Wildman–Crippen LogP) is 5.14. The van der Waals surface area contributed by atoms with Crippen molar-refractivity contribution in [2.45, 2.75) is 51.1 Å². The number of fused-ring (bicyclic) bond motifs is 1. The molecule has 0 aromatic heterocycles. The van der Waals surface area contributed by atoms with Gasteiger partial charge >= 0.3 is 0 Å². The molecule has 0 aliphatic heterocycles. The highest BCUT2D eigenvalue weighted by atomic mass is 15.3. The molecule has 0 atom stereocenters. The molecule has 0 N–H and O–H groups in total. The molecule has 0 unspecified atom stereocenters. The zero-order chi connectivity index (χ0) is 14.7. The molecule has 1 fully saturated rings. The number of nitrogens with zero attached hydrogens (tertiary/aromatic N) is 1. The van der Waals surface area contributed by atoms with Gasteiger partial charge in [0.15, 0.2) is 0 Å². The molecule has 0 amide bonds. The summed E-state index contributed by atoms with van der Waals surface area (Å²) in [6, 6.07) is 16.5. The van der Waals surface area contributed by atoms with E-state index in [-0.39, 0.29) is 0 Å². The first-order chi connectivity index (χ1) is 10.1. The van der Waals surface area contributed by atoms with Crippen LogP contribution in [0.5, 0.6) is 0 Å². The lowest BCUT2D eigenvalue weighted by molar-refractivity contribution is -0.928. The van der Waals surface area contributed by atoms with E-state index in [1.807, 2.05) is 0 Å². The molecule has 0 heterocycles. The summed E-state index contributed by atoms with van der Waals surface area (Å²) in [5.41, 5.74) is 1.47. The highest BCUT2D eigenvalue weighted by Gasteiger charge is 2.28. The number of benzene rings is 2. The number of hydrogen-bond acceptors (Lipinski definition) is 0. The summed E-state index contributed by atoms with van der Waals surface area (Å²) < 4.78 is 1.14. The van der Waals surface area contributed by atoms with Crippen LogP contribution in [0.3, 0.4) is 0 Å². The van der Waals surface area contributed by atoms with E-state index in [0.717, 1.165) is 17.1 Å². The second kappa shape index (κ2) is 6.19. The van der Waals surface area contributed by atoms with E-state index < -0.39 is 0 Å². The van der Waals surface area contributed by atoms with Crippen LogP contribution in [0, 0.1) is 0 Å². The molecule has 0 radical (unpaired) electrons. The van der Waals surface area contributed by atoms with Crippen LogP contribution in [0.1, 0.15) is 44.1 Å². The SMILES string of the molecule is C[N+](C)(Cc1ccc2ccccc2c1)C1CCCCCC1. The number of hydrogen-bond donors (Lipinski definition) is 0. The van der Waals surface area contributed by atoms with E-state index in [2.05, 4.69) is 56.6 Å². The Morgan fingerprint density at radius 1 is 0.857 bits per heavy atom. The molecule has 0 spiro atoms. The van der Waals surface area contributed by atoms with E-state index >= 15 is 0 Å². The second-order valence-electron chi connectivity index (χ2n) is 7.26. The monoisotopic (exact) mass is 282 g/mol. The van der Waals surface area contributed by atoms with Gasteiger partial charge in [0.2, 0.25) is 0 Å². The Labute approximate surface area is 129 Å². The lowest BCUT2D eigenvalue weighted by Crippen LogP contribution is -2.47. The van der Waals surface area contributed by atoms with Crippen molar-refractivity contribution in [1.29, 1.82) is 0 Å². The normalized spacial score (nSPS) is 17.8. The smallest absolute Gasteiger partial charge is 0.104 e. The van der Waals surface area contributed by atoms with Crippen LogP contribution >= 0.6 is 0 Å². The minimum atomic E-state index is 0.832. The number of rotatable bonds is 3. The molecule has 0 saturated heterocycles. The van der Waals surface area contributed by atoms with Gasteiger partial charge in [0.25, 0.3) is 0 Å². The molecule has 112 valence electrons. The molecular weight excluding hydrogens is 254 g/mol. The molecule has 3 rings (SSSR count). The summed E-state index contributed by atoms with van der Waals surface area (Å²) in [5, 5.41) is 2.72. The first-order valence-corrected chi connectivity index (χ1v) is 8.45. The van der Waals surface area contributed by atoms with Gasteiger partial charge in [-0.05, 0) is 42.5 Å². The third-order valence-electron chi connectivity index (χ3n) is 5.22. The van der Waals surface area contributed by atoms with Gasteiger partial charge in [-0.1, -0.05) is 49.2 Å². The summed E-state index contributed by atoms with van der Waals surface area (Å²) in [4.78, 5) is 0. The van der Waals surface area contributed by atoms with Crippen molar-refractivity contribution in [3.05, 3.63) is 48.0 Å². The van der Waals surface area contributed by atoms with E-state index in [0.29, 0.717) is 0 Å². The fraction of sp³-hybridized carbons (Fsp3) is 0.500. The Balaban J connectivity index is 1.79. The van der Waals surface area contributed by atoms with Crippen LogP contribution in [0.4, 0.5) is 0 Å². The van der Waals surface area contributed by atoms with Crippen molar-refractivity contribution >= 4 is 10.8 Å². The van der Waals surface area contributed by atoms with Crippen LogP contribution in [0.15, 0.2) is 42.5 Å². The van der Waals surface area contributed by atoms with Crippen molar-refractivity contribution in [3.63, 3.8) is 0 Å². The summed E-state index contributed by atoms with van der Waals surface area (Å²) in [5.74, 6) is 0. The fourth-order valence-corrected chi connectivity index (χ4v) is 3.89. The average molecular weight is 282 g/mol. The van der Waals surface area contributed by atoms with Crippen LogP contribution < -0.4 is 0 Å². The molecule has 2 aromatic carbocycles. The first kappa shape index (κ1) is 14.6. The minimum absolute atomic E-state index is 0.832. The molecule has 2 aromatic rings. The number of quaternary nitrogens is 1. The van der Waals surface area contributed by atoms with Gasteiger partial charge in [-0.3, -0.25) is 0 Å². The zero-order valence-electron chi connectivity index (χ0n) is 13.5. The molecule has 1 heteroatoms. The molecule has 1 aliphatic rings. The highest BCUT2D eigenvalue weighted by molar-refractivity contribution is 5.82. The van der Waals surface area contributed by atoms with Crippen LogP contribution in [-0.4, -0.2) is 24.6 Å². The van der Waals surface area contributed by atoms with Crippen molar-refractivity contribution in [2.75, 3.05) is 14.1 Å². The molecule has 1 saturated carbocycles. The van der Waals surface area contributed by atoms with Crippen molar-refractivity contribution < 1.29 is 4.48 Å². The van der Waals surface area contributed by atoms with Gasteiger partial charge in [-0.2, -0.15) is 0 Å². The molecular formula is C20H28N+. The first-order valence-electron chi connectivity index (χ1n) is 8.45. The summed E-state index contributed by atoms with van der Waals surface area (Å²) in [7, 11) is 4.84. The van der Waals surface area contributed by atoms with Gasteiger partial charge in [0.1, 0.15) is 6.54 Å². The quantitative estimate of drug-likeness (QED) is 0.540. The highest BCUT2D eigenvalue weighted by Crippen LogP contribution is 2.27. The lowest BCUT2D eigenvalue weighted by atomic mass is 10.0. The Kier molecular flexibility index (Phi) is 4.30. The Hall–Kier alpha value is -1.34. The third kappa shape index (κ3) is 3.47. The summed E-state index contributed by atoms with van der Waals surface area (Å²) in [6.07, 6.45) is 8.52. The maximum atomic E-state index is 2.42. The van der Waals surface area contributed by atoms with Crippen LogP contribution in [0.25, 0.3) is 10.8 Å². The van der Waals surface area contributed by atoms with Crippen molar-refractivity contribution in [1.82, 2.24) is 0 Å². The Morgan fingerprint density at radius 2 is 1.52 bits per heavy atom. The van der Waals surface area contributed by atoms with E-state index in [4.69, 9.17) is 0 Å². The van der Waals surface area contributed by atoms with Gasteiger partial charge in [0.05, 0.1) is 20.1 Å². The topological polar surface area (TPSA) is 0 Å². The minimum Gasteiger partial charge on any atom is -0.322 e. The maximum absolute atomic E-state index is 2.42. The van der Waals surface area contributed by atoms with Crippen molar-refractivity contribution in [3.8, 4) is 0 Å². The standard InChI is InChI=1S/C20H28N/c1-21(2,20-11-5-3-4-6-12-20)16-17-13-14-18-9-7-8-10-19(18)15-17/h7-10,13-15,20H,3-6,11-12,16H2,1-2H3/q+1. The van der Waals surface area contributed by atoms with E-state index in [1.165, 1.54) is 54.9 Å².